The van der Waals surface area contributed by atoms with Crippen LogP contribution >= 0.6 is 34.2 Å². The monoisotopic (exact) mass is 619 g/mol. The first-order valence-electron chi connectivity index (χ1n) is 11.1. The predicted molar refractivity (Wildman–Crippen MR) is 144 cm³/mol. The predicted octanol–water partition coefficient (Wildman–Crippen LogP) is 4.16. The van der Waals surface area contributed by atoms with Crippen LogP contribution < -0.4 is 15.4 Å². The maximum absolute atomic E-state index is 13.4. The summed E-state index contributed by atoms with van der Waals surface area (Å²) in [5, 5.41) is 14.7. The Hall–Kier alpha value is -3.15. The maximum atomic E-state index is 13.4. The molecule has 10 heteroatoms. The molecule has 3 N–H and O–H groups in total. The Labute approximate surface area is 226 Å². The molecule has 3 aromatic rings. The van der Waals surface area contributed by atoms with Crippen molar-refractivity contribution in [3.8, 4) is 5.75 Å². The molecule has 186 valence electrons. The molecule has 0 unspecified atom stereocenters. The number of anilines is 1. The number of nitrogens with one attached hydrogen (secondary N) is 2. The van der Waals surface area contributed by atoms with Crippen LogP contribution in [-0.4, -0.2) is 47.1 Å². The first-order valence-corrected chi connectivity index (χ1v) is 12.6. The van der Waals surface area contributed by atoms with Gasteiger partial charge in [-0.1, -0.05) is 54.1 Å². The van der Waals surface area contributed by atoms with E-state index in [1.807, 2.05) is 30.3 Å². The number of nitrogens with zero attached hydrogens (tertiary/aromatic N) is 1. The number of aliphatic hydroxyl groups excluding tert-OH is 1. The summed E-state index contributed by atoms with van der Waals surface area (Å²) in [6.45, 7) is 0.0270. The number of carbonyl (C=O) groups excluding carboxylic acids is 3. The SMILES string of the molecule is O=C(Nc1ccc(I)cc1Cl)[C@H](Cc1ccccc1)N1C(=O)N[C@H](c2ccc(OCCO)cc2)C1=O. The lowest BCUT2D eigenvalue weighted by atomic mass is 10.0. The summed E-state index contributed by atoms with van der Waals surface area (Å²) in [5.74, 6) is -0.537. The molecule has 0 saturated carbocycles. The molecular weight excluding hydrogens is 597 g/mol. The van der Waals surface area contributed by atoms with Crippen molar-refractivity contribution >= 4 is 57.7 Å². The molecule has 2 atom stereocenters. The molecule has 0 bridgehead atoms. The summed E-state index contributed by atoms with van der Waals surface area (Å²) in [5.41, 5.74) is 1.73. The van der Waals surface area contributed by atoms with Gasteiger partial charge in [-0.25, -0.2) is 9.69 Å². The summed E-state index contributed by atoms with van der Waals surface area (Å²) in [4.78, 5) is 40.9. The van der Waals surface area contributed by atoms with Gasteiger partial charge in [-0.05, 0) is 64.0 Å². The Bertz CT molecular complexity index is 1260. The zero-order valence-corrected chi connectivity index (χ0v) is 21.9. The Balaban J connectivity index is 1.60. The van der Waals surface area contributed by atoms with Crippen LogP contribution in [0, 0.1) is 3.57 Å². The Morgan fingerprint density at radius 3 is 2.50 bits per heavy atom. The van der Waals surface area contributed by atoms with Crippen molar-refractivity contribution in [3.63, 3.8) is 0 Å². The third kappa shape index (κ3) is 5.97. The van der Waals surface area contributed by atoms with Gasteiger partial charge in [-0.15, -0.1) is 0 Å². The summed E-state index contributed by atoms with van der Waals surface area (Å²) in [6, 6.07) is 18.3. The molecule has 0 spiro atoms. The van der Waals surface area contributed by atoms with Crippen molar-refractivity contribution in [2.75, 3.05) is 18.5 Å². The van der Waals surface area contributed by atoms with Gasteiger partial charge in [0.05, 0.1) is 17.3 Å². The van der Waals surface area contributed by atoms with E-state index in [0.717, 1.165) is 14.0 Å². The van der Waals surface area contributed by atoms with Gasteiger partial charge in [0.25, 0.3) is 5.91 Å². The largest absolute Gasteiger partial charge is 0.491 e. The highest BCUT2D eigenvalue weighted by atomic mass is 127. The van der Waals surface area contributed by atoms with Crippen molar-refractivity contribution in [1.29, 1.82) is 0 Å². The molecule has 36 heavy (non-hydrogen) atoms. The number of benzene rings is 3. The van der Waals surface area contributed by atoms with E-state index in [-0.39, 0.29) is 19.6 Å². The number of hydrogen-bond donors (Lipinski definition) is 3. The van der Waals surface area contributed by atoms with Crippen molar-refractivity contribution in [3.05, 3.63) is 92.5 Å². The number of hydrogen-bond acceptors (Lipinski definition) is 5. The van der Waals surface area contributed by atoms with Crippen molar-refractivity contribution in [2.24, 2.45) is 0 Å². The number of amides is 4. The number of imide groups is 1. The number of carbonyl (C=O) groups is 3. The smallest absolute Gasteiger partial charge is 0.325 e. The summed E-state index contributed by atoms with van der Waals surface area (Å²) in [7, 11) is 0. The molecule has 0 aromatic heterocycles. The van der Waals surface area contributed by atoms with E-state index in [2.05, 4.69) is 33.2 Å². The van der Waals surface area contributed by atoms with Gasteiger partial charge in [-0.2, -0.15) is 0 Å². The molecule has 4 rings (SSSR count). The number of halogens is 2. The molecule has 1 fully saturated rings. The summed E-state index contributed by atoms with van der Waals surface area (Å²) >= 11 is 8.41. The van der Waals surface area contributed by atoms with Crippen LogP contribution in [0.3, 0.4) is 0 Å². The molecular formula is C26H23ClIN3O5. The molecule has 8 nitrogen and oxygen atoms in total. The summed E-state index contributed by atoms with van der Waals surface area (Å²) in [6.07, 6.45) is 0.133. The van der Waals surface area contributed by atoms with Gasteiger partial charge in [0.1, 0.15) is 24.4 Å². The van der Waals surface area contributed by atoms with Crippen LogP contribution in [0.15, 0.2) is 72.8 Å². The van der Waals surface area contributed by atoms with Crippen LogP contribution in [0.2, 0.25) is 5.02 Å². The second kappa shape index (κ2) is 11.7. The van der Waals surface area contributed by atoms with Crippen LogP contribution in [0.25, 0.3) is 0 Å². The minimum atomic E-state index is -1.10. The quantitative estimate of drug-likeness (QED) is 0.246. The lowest BCUT2D eigenvalue weighted by Gasteiger charge is -2.25. The first kappa shape index (κ1) is 25.9. The fraction of sp³-hybridized carbons (Fsp3) is 0.192. The zero-order valence-electron chi connectivity index (χ0n) is 19.0. The fourth-order valence-corrected chi connectivity index (χ4v) is 4.78. The van der Waals surface area contributed by atoms with Gasteiger partial charge < -0.3 is 20.5 Å². The fourth-order valence-electron chi connectivity index (χ4n) is 3.88. The minimum absolute atomic E-state index is 0.119. The third-order valence-corrected chi connectivity index (χ3v) is 6.60. The molecule has 1 heterocycles. The van der Waals surface area contributed by atoms with Crippen LogP contribution in [0.1, 0.15) is 17.2 Å². The minimum Gasteiger partial charge on any atom is -0.491 e. The van der Waals surface area contributed by atoms with Gasteiger partial charge in [0.2, 0.25) is 5.91 Å². The zero-order chi connectivity index (χ0) is 25.7. The van der Waals surface area contributed by atoms with Gasteiger partial charge in [0.15, 0.2) is 0 Å². The molecule has 4 amide bonds. The molecule has 1 aliphatic rings. The van der Waals surface area contributed by atoms with Crippen molar-refractivity contribution in [2.45, 2.75) is 18.5 Å². The van der Waals surface area contributed by atoms with Crippen molar-refractivity contribution < 1.29 is 24.2 Å². The number of aliphatic hydroxyl groups is 1. The summed E-state index contributed by atoms with van der Waals surface area (Å²) < 4.78 is 6.26. The first-order chi connectivity index (χ1) is 17.4. The van der Waals surface area contributed by atoms with E-state index in [1.54, 1.807) is 42.5 Å². The van der Waals surface area contributed by atoms with E-state index in [4.69, 9.17) is 21.4 Å². The van der Waals surface area contributed by atoms with E-state index >= 15 is 0 Å². The maximum Gasteiger partial charge on any atom is 0.325 e. The normalized spacial score (nSPS) is 16.0. The van der Waals surface area contributed by atoms with Crippen LogP contribution in [0.4, 0.5) is 10.5 Å². The van der Waals surface area contributed by atoms with Crippen LogP contribution in [0.5, 0.6) is 5.75 Å². The van der Waals surface area contributed by atoms with E-state index in [0.29, 0.717) is 22.0 Å². The molecule has 3 aromatic carbocycles. The average Bonchev–Trinajstić information content (AvgIpc) is 3.17. The molecule has 0 aliphatic carbocycles. The second-order valence-corrected chi connectivity index (χ2v) is 9.70. The van der Waals surface area contributed by atoms with E-state index < -0.39 is 29.9 Å². The van der Waals surface area contributed by atoms with Crippen LogP contribution in [-0.2, 0) is 16.0 Å². The van der Waals surface area contributed by atoms with Gasteiger partial charge in [-0.3, -0.25) is 9.59 Å². The van der Waals surface area contributed by atoms with E-state index in [9.17, 15) is 14.4 Å². The molecule has 0 radical (unpaired) electrons. The lowest BCUT2D eigenvalue weighted by Crippen LogP contribution is -2.49. The lowest BCUT2D eigenvalue weighted by molar-refractivity contribution is -0.134. The highest BCUT2D eigenvalue weighted by Gasteiger charge is 2.45. The van der Waals surface area contributed by atoms with Gasteiger partial charge in [0, 0.05) is 9.99 Å². The Morgan fingerprint density at radius 1 is 1.11 bits per heavy atom. The standard InChI is InChI=1S/C26H23ClIN3O5/c27-20-15-18(28)8-11-21(20)29-24(33)22(14-16-4-2-1-3-5-16)31-25(34)23(30-26(31)35)17-6-9-19(10-7-17)36-13-12-32/h1-11,15,22-23,32H,12-14H2,(H,29,33)(H,30,35)/t22-,23+/m0/s1. The molecule has 1 aliphatic heterocycles. The molecule has 1 saturated heterocycles. The van der Waals surface area contributed by atoms with Crippen molar-refractivity contribution in [1.82, 2.24) is 10.2 Å². The highest BCUT2D eigenvalue weighted by Crippen LogP contribution is 2.28. The highest BCUT2D eigenvalue weighted by molar-refractivity contribution is 14.1. The third-order valence-electron chi connectivity index (χ3n) is 5.62. The Kier molecular flexibility index (Phi) is 8.44. The number of ether oxygens (including phenoxy) is 1. The number of rotatable bonds is 9. The topological polar surface area (TPSA) is 108 Å². The van der Waals surface area contributed by atoms with E-state index in [1.165, 1.54) is 0 Å². The number of urea groups is 1. The average molecular weight is 620 g/mol. The van der Waals surface area contributed by atoms with Gasteiger partial charge >= 0.3 is 6.03 Å². The Morgan fingerprint density at radius 2 is 1.83 bits per heavy atom. The second-order valence-electron chi connectivity index (χ2n) is 8.05.